The number of hydrogen-bond donors (Lipinski definition) is 0. The minimum atomic E-state index is -0.763. The Labute approximate surface area is 127 Å². The number of hydrogen-bond acceptors (Lipinski definition) is 0. The largest absolute Gasteiger partial charge is 0.203 e. The number of aryl methyl sites for hydroxylation is 2. The fourth-order valence-corrected chi connectivity index (χ4v) is 2.10. The van der Waals surface area contributed by atoms with Crippen LogP contribution in [0.25, 0.3) is 11.1 Å². The highest BCUT2D eigenvalue weighted by atomic mass is 19.2. The van der Waals surface area contributed by atoms with Crippen LogP contribution in [-0.2, 0) is 6.42 Å². The van der Waals surface area contributed by atoms with E-state index in [1.807, 2.05) is 24.3 Å². The lowest BCUT2D eigenvalue weighted by Crippen LogP contribution is -1.93. The van der Waals surface area contributed by atoms with Crippen molar-refractivity contribution in [1.82, 2.24) is 0 Å². The topological polar surface area (TPSA) is 0 Å². The van der Waals surface area contributed by atoms with Gasteiger partial charge in [0.15, 0.2) is 11.6 Å². The molecule has 116 valence electrons. The van der Waals surface area contributed by atoms with E-state index in [-0.39, 0.29) is 14.9 Å². The standard InChI is InChI=1S/C17H18F2.2CH4/c1-3-4-5-13-7-9-14(10-8-13)15-11-6-12(2)16(18)17(15)19;;/h6-11H,3-5H2,1-2H3;2*1H4. The van der Waals surface area contributed by atoms with Gasteiger partial charge >= 0.3 is 0 Å². The predicted molar refractivity (Wildman–Crippen MR) is 88.6 cm³/mol. The summed E-state index contributed by atoms with van der Waals surface area (Å²) >= 11 is 0. The molecule has 0 nitrogen and oxygen atoms in total. The van der Waals surface area contributed by atoms with Gasteiger partial charge in [-0.25, -0.2) is 8.78 Å². The number of unbranched alkanes of at least 4 members (excludes halogenated alkanes) is 1. The second-order valence-electron chi connectivity index (χ2n) is 4.86. The number of rotatable bonds is 4. The Hall–Kier alpha value is -1.70. The minimum absolute atomic E-state index is 0. The zero-order valence-corrected chi connectivity index (χ0v) is 11.3. The van der Waals surface area contributed by atoms with Crippen molar-refractivity contribution >= 4 is 0 Å². The molecule has 0 fully saturated rings. The van der Waals surface area contributed by atoms with Crippen LogP contribution >= 0.6 is 0 Å². The fourth-order valence-electron chi connectivity index (χ4n) is 2.10. The van der Waals surface area contributed by atoms with Crippen LogP contribution in [0.3, 0.4) is 0 Å². The van der Waals surface area contributed by atoms with Crippen LogP contribution < -0.4 is 0 Å². The molecular formula is C19H26F2. The summed E-state index contributed by atoms with van der Waals surface area (Å²) in [7, 11) is 0. The molecule has 0 saturated carbocycles. The van der Waals surface area contributed by atoms with Crippen LogP contribution in [-0.4, -0.2) is 0 Å². The molecule has 2 rings (SSSR count). The first-order chi connectivity index (χ1) is 9.13. The molecule has 0 saturated heterocycles. The highest BCUT2D eigenvalue weighted by Gasteiger charge is 2.12. The normalized spacial score (nSPS) is 9.71. The second kappa shape index (κ2) is 8.56. The molecule has 0 aliphatic heterocycles. The van der Waals surface area contributed by atoms with Crippen molar-refractivity contribution < 1.29 is 8.78 Å². The molecule has 0 amide bonds. The van der Waals surface area contributed by atoms with Gasteiger partial charge in [0, 0.05) is 5.56 Å². The molecule has 0 aliphatic rings. The van der Waals surface area contributed by atoms with Gasteiger partial charge in [0.2, 0.25) is 0 Å². The average Bonchev–Trinajstić information content (AvgIpc) is 2.44. The Bertz CT molecular complexity index is 557. The smallest absolute Gasteiger partial charge is 0.166 e. The summed E-state index contributed by atoms with van der Waals surface area (Å²) in [5, 5.41) is 0. The van der Waals surface area contributed by atoms with Gasteiger partial charge < -0.3 is 0 Å². The molecule has 21 heavy (non-hydrogen) atoms. The third kappa shape index (κ3) is 4.38. The monoisotopic (exact) mass is 292 g/mol. The zero-order chi connectivity index (χ0) is 13.8. The minimum Gasteiger partial charge on any atom is -0.203 e. The summed E-state index contributed by atoms with van der Waals surface area (Å²) in [5.74, 6) is -1.52. The Morgan fingerprint density at radius 1 is 0.857 bits per heavy atom. The van der Waals surface area contributed by atoms with Crippen molar-refractivity contribution in [2.24, 2.45) is 0 Å². The van der Waals surface area contributed by atoms with E-state index in [4.69, 9.17) is 0 Å². The van der Waals surface area contributed by atoms with E-state index in [1.165, 1.54) is 5.56 Å². The molecule has 0 radical (unpaired) electrons. The lowest BCUT2D eigenvalue weighted by Gasteiger charge is -2.07. The summed E-state index contributed by atoms with van der Waals surface area (Å²) in [6.07, 6.45) is 3.33. The highest BCUT2D eigenvalue weighted by molar-refractivity contribution is 5.65. The SMILES string of the molecule is C.C.CCCCc1ccc(-c2ccc(C)c(F)c2F)cc1. The first kappa shape index (κ1) is 19.3. The third-order valence-electron chi connectivity index (χ3n) is 3.36. The van der Waals surface area contributed by atoms with Crippen molar-refractivity contribution in [3.8, 4) is 11.1 Å². The van der Waals surface area contributed by atoms with Crippen LogP contribution in [0.4, 0.5) is 8.78 Å². The third-order valence-corrected chi connectivity index (χ3v) is 3.36. The molecule has 0 aliphatic carbocycles. The lowest BCUT2D eigenvalue weighted by molar-refractivity contribution is 0.505. The molecule has 0 bridgehead atoms. The van der Waals surface area contributed by atoms with Crippen molar-refractivity contribution in [1.29, 1.82) is 0 Å². The lowest BCUT2D eigenvalue weighted by atomic mass is 10.00. The van der Waals surface area contributed by atoms with Crippen molar-refractivity contribution in [3.05, 3.63) is 59.2 Å². The van der Waals surface area contributed by atoms with E-state index in [9.17, 15) is 8.78 Å². The van der Waals surface area contributed by atoms with E-state index in [0.29, 0.717) is 11.1 Å². The van der Waals surface area contributed by atoms with Crippen molar-refractivity contribution in [2.45, 2.75) is 48.0 Å². The van der Waals surface area contributed by atoms with E-state index < -0.39 is 11.6 Å². The van der Waals surface area contributed by atoms with Crippen LogP contribution in [0, 0.1) is 18.6 Å². The van der Waals surface area contributed by atoms with Crippen LogP contribution in [0.1, 0.15) is 45.7 Å². The molecule has 2 aromatic rings. The summed E-state index contributed by atoms with van der Waals surface area (Å²) in [6.45, 7) is 3.72. The Balaban J connectivity index is 0.00000200. The van der Waals surface area contributed by atoms with E-state index in [2.05, 4.69) is 6.92 Å². The van der Waals surface area contributed by atoms with Gasteiger partial charge in [-0.3, -0.25) is 0 Å². The maximum atomic E-state index is 13.9. The van der Waals surface area contributed by atoms with Gasteiger partial charge in [0.25, 0.3) is 0 Å². The van der Waals surface area contributed by atoms with E-state index in [0.717, 1.165) is 24.8 Å². The Kier molecular flexibility index (Phi) is 7.86. The quantitative estimate of drug-likeness (QED) is 0.599. The van der Waals surface area contributed by atoms with Crippen LogP contribution in [0.2, 0.25) is 0 Å². The second-order valence-corrected chi connectivity index (χ2v) is 4.86. The predicted octanol–water partition coefficient (Wildman–Crippen LogP) is 6.56. The van der Waals surface area contributed by atoms with Gasteiger partial charge in [-0.05, 0) is 36.5 Å². The van der Waals surface area contributed by atoms with Crippen molar-refractivity contribution in [2.75, 3.05) is 0 Å². The summed E-state index contributed by atoms with van der Waals surface area (Å²) in [4.78, 5) is 0. The van der Waals surface area contributed by atoms with Crippen LogP contribution in [0.5, 0.6) is 0 Å². The number of halogens is 2. The van der Waals surface area contributed by atoms with Gasteiger partial charge in [0.1, 0.15) is 0 Å². The number of benzene rings is 2. The fraction of sp³-hybridized carbons (Fsp3) is 0.368. The maximum Gasteiger partial charge on any atom is 0.166 e. The first-order valence-electron chi connectivity index (χ1n) is 6.67. The molecule has 0 N–H and O–H groups in total. The van der Waals surface area contributed by atoms with Gasteiger partial charge in [-0.15, -0.1) is 0 Å². The summed E-state index contributed by atoms with van der Waals surface area (Å²) in [5.41, 5.74) is 2.61. The molecule has 0 spiro atoms. The Morgan fingerprint density at radius 3 is 2.05 bits per heavy atom. The molecule has 2 heteroatoms. The van der Waals surface area contributed by atoms with Gasteiger partial charge in [0.05, 0.1) is 0 Å². The molecule has 0 unspecified atom stereocenters. The van der Waals surface area contributed by atoms with Crippen LogP contribution in [0.15, 0.2) is 36.4 Å². The average molecular weight is 292 g/mol. The first-order valence-corrected chi connectivity index (χ1v) is 6.67. The molecular weight excluding hydrogens is 266 g/mol. The van der Waals surface area contributed by atoms with E-state index in [1.54, 1.807) is 19.1 Å². The molecule has 2 aromatic carbocycles. The highest BCUT2D eigenvalue weighted by Crippen LogP contribution is 2.26. The van der Waals surface area contributed by atoms with Crippen molar-refractivity contribution in [3.63, 3.8) is 0 Å². The van der Waals surface area contributed by atoms with Gasteiger partial charge in [-0.1, -0.05) is 64.6 Å². The molecule has 0 aromatic heterocycles. The summed E-state index contributed by atoms with van der Waals surface area (Å²) in [6, 6.07) is 10.9. The Morgan fingerprint density at radius 2 is 1.48 bits per heavy atom. The van der Waals surface area contributed by atoms with E-state index >= 15 is 0 Å². The van der Waals surface area contributed by atoms with Gasteiger partial charge in [-0.2, -0.15) is 0 Å². The molecule has 0 atom stereocenters. The maximum absolute atomic E-state index is 13.9. The zero-order valence-electron chi connectivity index (χ0n) is 11.3. The summed E-state index contributed by atoms with van der Waals surface area (Å²) < 4.78 is 27.4. The molecule has 0 heterocycles.